The molecular formula is C15H25N3. The van der Waals surface area contributed by atoms with Crippen LogP contribution in [-0.4, -0.2) is 23.8 Å². The molecule has 0 spiro atoms. The maximum absolute atomic E-state index is 7.57. The summed E-state index contributed by atoms with van der Waals surface area (Å²) in [5, 5.41) is 7.57. The smallest absolute Gasteiger partial charge is 0.0924 e. The highest BCUT2D eigenvalue weighted by Crippen LogP contribution is 2.26. The first kappa shape index (κ1) is 14.7. The summed E-state index contributed by atoms with van der Waals surface area (Å²) in [5.41, 5.74) is 6.83. The Balaban J connectivity index is 2.95. The van der Waals surface area contributed by atoms with Gasteiger partial charge in [0.15, 0.2) is 0 Å². The van der Waals surface area contributed by atoms with Crippen LogP contribution in [0.5, 0.6) is 0 Å². The topological polar surface area (TPSA) is 53.1 Å². The number of nitrogens with zero attached hydrogens (tertiary/aromatic N) is 1. The fourth-order valence-electron chi connectivity index (χ4n) is 2.13. The van der Waals surface area contributed by atoms with Crippen LogP contribution in [0.3, 0.4) is 0 Å². The molecule has 1 rings (SSSR count). The highest BCUT2D eigenvalue weighted by molar-refractivity contribution is 5.77. The van der Waals surface area contributed by atoms with Crippen molar-refractivity contribution in [3.8, 4) is 0 Å². The summed E-state index contributed by atoms with van der Waals surface area (Å²) in [6.07, 6.45) is 0.581. The fourth-order valence-corrected chi connectivity index (χ4v) is 2.13. The Kier molecular flexibility index (Phi) is 5.35. The lowest BCUT2D eigenvalue weighted by Gasteiger charge is -2.35. The van der Waals surface area contributed by atoms with Crippen molar-refractivity contribution in [2.45, 2.75) is 39.3 Å². The zero-order chi connectivity index (χ0) is 13.7. The van der Waals surface area contributed by atoms with Crippen molar-refractivity contribution in [2.75, 3.05) is 7.05 Å². The molecule has 0 aliphatic rings. The summed E-state index contributed by atoms with van der Waals surface area (Å²) in [7, 11) is 2.12. The minimum atomic E-state index is 0.182. The number of nitrogens with two attached hydrogens (primary N) is 1. The van der Waals surface area contributed by atoms with Crippen molar-refractivity contribution in [1.29, 1.82) is 5.41 Å². The van der Waals surface area contributed by atoms with Crippen molar-refractivity contribution >= 4 is 5.84 Å². The molecule has 0 fully saturated rings. The Hall–Kier alpha value is -1.35. The molecule has 2 atom stereocenters. The van der Waals surface area contributed by atoms with E-state index in [0.717, 1.165) is 0 Å². The predicted octanol–water partition coefficient (Wildman–Crippen LogP) is 3.03. The molecule has 0 saturated carbocycles. The van der Waals surface area contributed by atoms with Gasteiger partial charge in [-0.3, -0.25) is 10.3 Å². The molecule has 0 radical (unpaired) electrons. The maximum Gasteiger partial charge on any atom is 0.0924 e. The fraction of sp³-hybridized carbons (Fsp3) is 0.533. The first-order valence-corrected chi connectivity index (χ1v) is 6.53. The van der Waals surface area contributed by atoms with Crippen LogP contribution in [0, 0.1) is 11.3 Å². The summed E-state index contributed by atoms with van der Waals surface area (Å²) in [6.45, 7) is 6.66. The second-order valence-corrected chi connectivity index (χ2v) is 5.31. The van der Waals surface area contributed by atoms with E-state index in [4.69, 9.17) is 11.1 Å². The second kappa shape index (κ2) is 6.55. The molecule has 0 bridgehead atoms. The Morgan fingerprint density at radius 2 is 1.78 bits per heavy atom. The van der Waals surface area contributed by atoms with Crippen molar-refractivity contribution in [3.63, 3.8) is 0 Å². The molecule has 100 valence electrons. The molecule has 3 N–H and O–H groups in total. The zero-order valence-electron chi connectivity index (χ0n) is 11.9. The summed E-state index contributed by atoms with van der Waals surface area (Å²) in [5.74, 6) is 0.819. The molecule has 0 aromatic heterocycles. The number of nitrogens with one attached hydrogen (secondary N) is 1. The third kappa shape index (κ3) is 3.84. The number of amidine groups is 1. The van der Waals surface area contributed by atoms with Crippen molar-refractivity contribution in [2.24, 2.45) is 11.7 Å². The van der Waals surface area contributed by atoms with Gasteiger partial charge in [0.25, 0.3) is 0 Å². The minimum Gasteiger partial charge on any atom is -0.388 e. The van der Waals surface area contributed by atoms with Crippen LogP contribution in [-0.2, 0) is 0 Å². The van der Waals surface area contributed by atoms with Gasteiger partial charge in [-0.1, -0.05) is 44.2 Å². The molecule has 18 heavy (non-hydrogen) atoms. The van der Waals surface area contributed by atoms with Crippen LogP contribution in [0.4, 0.5) is 0 Å². The summed E-state index contributed by atoms with van der Waals surface area (Å²) in [4.78, 5) is 2.32. The number of rotatable bonds is 6. The lowest BCUT2D eigenvalue weighted by Crippen LogP contribution is -2.38. The molecular weight excluding hydrogens is 222 g/mol. The third-order valence-electron chi connectivity index (χ3n) is 3.70. The van der Waals surface area contributed by atoms with E-state index in [1.807, 2.05) is 18.2 Å². The highest BCUT2D eigenvalue weighted by Gasteiger charge is 2.23. The first-order valence-electron chi connectivity index (χ1n) is 6.53. The van der Waals surface area contributed by atoms with Gasteiger partial charge in [-0.2, -0.15) is 0 Å². The minimum absolute atomic E-state index is 0.182. The van der Waals surface area contributed by atoms with Crippen LogP contribution >= 0.6 is 0 Å². The van der Waals surface area contributed by atoms with Gasteiger partial charge in [0.2, 0.25) is 0 Å². The molecule has 3 nitrogen and oxygen atoms in total. The molecule has 1 aromatic rings. The van der Waals surface area contributed by atoms with E-state index in [1.54, 1.807) is 0 Å². The molecule has 2 unspecified atom stereocenters. The lowest BCUT2D eigenvalue weighted by atomic mass is 9.97. The zero-order valence-corrected chi connectivity index (χ0v) is 11.9. The summed E-state index contributed by atoms with van der Waals surface area (Å²) < 4.78 is 0. The van der Waals surface area contributed by atoms with Crippen molar-refractivity contribution in [3.05, 3.63) is 35.9 Å². The van der Waals surface area contributed by atoms with Crippen LogP contribution in [0.1, 0.15) is 38.8 Å². The standard InChI is InChI=1S/C15H25N3/c1-11(2)12(3)18(4)14(10-15(16)17)13-8-6-5-7-9-13/h5-9,11-12,14H,10H2,1-4H3,(H3,16,17). The lowest BCUT2D eigenvalue weighted by molar-refractivity contribution is 0.151. The molecule has 0 saturated heterocycles. The van der Waals surface area contributed by atoms with E-state index in [1.165, 1.54) is 5.56 Å². The number of hydrogen-bond acceptors (Lipinski definition) is 2. The van der Waals surface area contributed by atoms with Gasteiger partial charge in [0, 0.05) is 18.5 Å². The van der Waals surface area contributed by atoms with Crippen LogP contribution in [0.15, 0.2) is 30.3 Å². The third-order valence-corrected chi connectivity index (χ3v) is 3.70. The predicted molar refractivity (Wildman–Crippen MR) is 77.8 cm³/mol. The van der Waals surface area contributed by atoms with Crippen molar-refractivity contribution in [1.82, 2.24) is 4.90 Å². The molecule has 3 heteroatoms. The van der Waals surface area contributed by atoms with Crippen molar-refractivity contribution < 1.29 is 0 Å². The summed E-state index contributed by atoms with van der Waals surface area (Å²) in [6, 6.07) is 10.9. The van der Waals surface area contributed by atoms with E-state index >= 15 is 0 Å². The van der Waals surface area contributed by atoms with Gasteiger partial charge in [0.05, 0.1) is 5.84 Å². The first-order chi connectivity index (χ1) is 8.43. The van der Waals surface area contributed by atoms with Crippen LogP contribution in [0.2, 0.25) is 0 Å². The molecule has 0 heterocycles. The van der Waals surface area contributed by atoms with Gasteiger partial charge in [0.1, 0.15) is 0 Å². The average molecular weight is 247 g/mol. The average Bonchev–Trinajstić information content (AvgIpc) is 2.35. The number of benzene rings is 1. The largest absolute Gasteiger partial charge is 0.388 e. The van der Waals surface area contributed by atoms with E-state index in [-0.39, 0.29) is 11.9 Å². The number of hydrogen-bond donors (Lipinski definition) is 2. The van der Waals surface area contributed by atoms with Gasteiger partial charge in [-0.05, 0) is 25.5 Å². The van der Waals surface area contributed by atoms with E-state index in [9.17, 15) is 0 Å². The Bertz CT molecular complexity index is 373. The maximum atomic E-state index is 7.57. The monoisotopic (exact) mass is 247 g/mol. The Morgan fingerprint density at radius 3 is 2.22 bits per heavy atom. The van der Waals surface area contributed by atoms with Gasteiger partial charge < -0.3 is 5.73 Å². The van der Waals surface area contributed by atoms with Gasteiger partial charge in [-0.25, -0.2) is 0 Å². The molecule has 0 aliphatic carbocycles. The van der Waals surface area contributed by atoms with Crippen LogP contribution in [0.25, 0.3) is 0 Å². The highest BCUT2D eigenvalue weighted by atomic mass is 15.2. The van der Waals surface area contributed by atoms with Crippen LogP contribution < -0.4 is 5.73 Å². The van der Waals surface area contributed by atoms with Gasteiger partial charge >= 0.3 is 0 Å². The quantitative estimate of drug-likeness (QED) is 0.599. The molecule has 0 aliphatic heterocycles. The van der Waals surface area contributed by atoms with E-state index in [2.05, 4.69) is 44.9 Å². The summed E-state index contributed by atoms with van der Waals surface area (Å²) >= 11 is 0. The van der Waals surface area contributed by atoms with E-state index < -0.39 is 0 Å². The second-order valence-electron chi connectivity index (χ2n) is 5.31. The van der Waals surface area contributed by atoms with E-state index in [0.29, 0.717) is 18.4 Å². The molecule has 0 amide bonds. The normalized spacial score (nSPS) is 14.8. The molecule has 1 aromatic carbocycles. The Morgan fingerprint density at radius 1 is 1.22 bits per heavy atom. The van der Waals surface area contributed by atoms with Gasteiger partial charge in [-0.15, -0.1) is 0 Å². The SMILES string of the molecule is CC(C)C(C)N(C)C(CC(=N)N)c1ccccc1. The Labute approximate surface area is 111 Å².